The summed E-state index contributed by atoms with van der Waals surface area (Å²) in [7, 11) is -3.60. The highest BCUT2D eigenvalue weighted by atomic mass is 32.2. The van der Waals surface area contributed by atoms with Crippen molar-refractivity contribution in [3.63, 3.8) is 0 Å². The Hall–Kier alpha value is -2.28. The molecule has 0 fully saturated rings. The summed E-state index contributed by atoms with van der Waals surface area (Å²) < 4.78 is 29.5. The molecule has 6 heteroatoms. The molecule has 0 saturated carbocycles. The van der Waals surface area contributed by atoms with Gasteiger partial charge in [-0.2, -0.15) is 0 Å². The molecule has 0 saturated heterocycles. The van der Waals surface area contributed by atoms with Crippen LogP contribution in [0.3, 0.4) is 0 Å². The first-order valence-electron chi connectivity index (χ1n) is 8.48. The molecule has 4 rings (SSSR count). The van der Waals surface area contributed by atoms with Crippen LogP contribution in [0.2, 0.25) is 0 Å². The van der Waals surface area contributed by atoms with E-state index in [1.807, 2.05) is 66.9 Å². The maximum absolute atomic E-state index is 11.6. The van der Waals surface area contributed by atoms with E-state index in [1.165, 1.54) is 0 Å². The predicted molar refractivity (Wildman–Crippen MR) is 109 cm³/mol. The lowest BCUT2D eigenvalue weighted by Gasteiger charge is -2.30. The average Bonchev–Trinajstić information content (AvgIpc) is 2.66. The Kier molecular flexibility index (Phi) is 4.72. The van der Waals surface area contributed by atoms with Crippen LogP contribution in [0, 0.1) is 0 Å². The first-order valence-corrected chi connectivity index (χ1v) is 11.4. The zero-order chi connectivity index (χ0) is 19.0. The lowest BCUT2D eigenvalue weighted by molar-refractivity contribution is 0.243. The number of nitrogens with two attached hydrogens (primary N) is 1. The standard InChI is InChI=1S/C21H19NO3S2/c1-26-19-9-5-8-18-20(19)16-11-10-14(13-27(22,23)24)12-17(16)21(25-18)15-6-3-2-4-7-15/h2-12,21H,13H2,1H3,(H2,22,23,24). The molecule has 1 heterocycles. The zero-order valence-electron chi connectivity index (χ0n) is 14.8. The van der Waals surface area contributed by atoms with Crippen LogP contribution in [0.5, 0.6) is 5.75 Å². The van der Waals surface area contributed by atoms with Gasteiger partial charge in [0, 0.05) is 16.0 Å². The second-order valence-electron chi connectivity index (χ2n) is 6.47. The van der Waals surface area contributed by atoms with Crippen LogP contribution in [0.15, 0.2) is 71.6 Å². The van der Waals surface area contributed by atoms with Crippen molar-refractivity contribution in [1.82, 2.24) is 0 Å². The summed E-state index contributed by atoms with van der Waals surface area (Å²) >= 11 is 1.66. The number of ether oxygens (including phenoxy) is 1. The van der Waals surface area contributed by atoms with Gasteiger partial charge in [0.15, 0.2) is 0 Å². The minimum absolute atomic E-state index is 0.196. The Balaban J connectivity index is 1.93. The molecule has 0 spiro atoms. The van der Waals surface area contributed by atoms with E-state index in [2.05, 4.69) is 6.07 Å². The summed E-state index contributed by atoms with van der Waals surface area (Å²) in [6.45, 7) is 0. The van der Waals surface area contributed by atoms with Crippen molar-refractivity contribution in [3.8, 4) is 16.9 Å². The van der Waals surface area contributed by atoms with Crippen molar-refractivity contribution >= 4 is 21.8 Å². The van der Waals surface area contributed by atoms with Gasteiger partial charge in [-0.05, 0) is 35.1 Å². The summed E-state index contributed by atoms with van der Waals surface area (Å²) in [6.07, 6.45) is 1.74. The summed E-state index contributed by atoms with van der Waals surface area (Å²) in [6, 6.07) is 21.7. The number of sulfonamides is 1. The highest BCUT2D eigenvalue weighted by molar-refractivity contribution is 7.98. The third-order valence-corrected chi connectivity index (χ3v) is 6.11. The number of rotatable bonds is 4. The summed E-state index contributed by atoms with van der Waals surface area (Å²) in [5.74, 6) is 0.640. The second kappa shape index (κ2) is 7.03. The van der Waals surface area contributed by atoms with Gasteiger partial charge in [-0.1, -0.05) is 54.6 Å². The third-order valence-electron chi connectivity index (χ3n) is 4.59. The van der Waals surface area contributed by atoms with Crippen LogP contribution in [0.4, 0.5) is 0 Å². The van der Waals surface area contributed by atoms with Gasteiger partial charge < -0.3 is 4.74 Å². The number of hydrogen-bond acceptors (Lipinski definition) is 4. The summed E-state index contributed by atoms with van der Waals surface area (Å²) in [5, 5.41) is 5.25. The molecule has 4 nitrogen and oxygen atoms in total. The fourth-order valence-corrected chi connectivity index (χ4v) is 4.76. The number of thioether (sulfide) groups is 1. The fourth-order valence-electron chi connectivity index (χ4n) is 3.49. The molecule has 0 amide bonds. The second-order valence-corrected chi connectivity index (χ2v) is 8.93. The number of benzene rings is 3. The van der Waals surface area contributed by atoms with Crippen molar-refractivity contribution in [1.29, 1.82) is 0 Å². The molecule has 1 unspecified atom stereocenters. The molecule has 1 atom stereocenters. The van der Waals surface area contributed by atoms with Crippen molar-refractivity contribution in [2.24, 2.45) is 5.14 Å². The molecule has 1 aliphatic rings. The van der Waals surface area contributed by atoms with Gasteiger partial charge in [-0.15, -0.1) is 11.8 Å². The average molecular weight is 398 g/mol. The third kappa shape index (κ3) is 3.60. The van der Waals surface area contributed by atoms with Crippen LogP contribution in [0.25, 0.3) is 11.1 Å². The maximum atomic E-state index is 11.6. The smallest absolute Gasteiger partial charge is 0.213 e. The largest absolute Gasteiger partial charge is 0.480 e. The lowest BCUT2D eigenvalue weighted by Crippen LogP contribution is -2.18. The van der Waals surface area contributed by atoms with Crippen LogP contribution >= 0.6 is 11.8 Å². The molecule has 0 radical (unpaired) electrons. The van der Waals surface area contributed by atoms with Crippen molar-refractivity contribution < 1.29 is 13.2 Å². The zero-order valence-corrected chi connectivity index (χ0v) is 16.4. The summed E-state index contributed by atoms with van der Waals surface area (Å²) in [4.78, 5) is 1.12. The molecular formula is C21H19NO3S2. The quantitative estimate of drug-likeness (QED) is 0.665. The Morgan fingerprint density at radius 3 is 2.52 bits per heavy atom. The SMILES string of the molecule is CSc1cccc2c1-c1ccc(CS(N)(=O)=O)cc1C(c1ccccc1)O2. The van der Waals surface area contributed by atoms with E-state index in [-0.39, 0.29) is 11.9 Å². The van der Waals surface area contributed by atoms with Gasteiger partial charge in [-0.3, -0.25) is 0 Å². The minimum Gasteiger partial charge on any atom is -0.480 e. The van der Waals surface area contributed by atoms with E-state index in [0.717, 1.165) is 32.9 Å². The van der Waals surface area contributed by atoms with Crippen LogP contribution in [-0.2, 0) is 15.8 Å². The molecular weight excluding hydrogens is 378 g/mol. The monoisotopic (exact) mass is 397 g/mol. The van der Waals surface area contributed by atoms with Crippen molar-refractivity contribution in [3.05, 3.63) is 83.4 Å². The molecule has 0 aliphatic carbocycles. The van der Waals surface area contributed by atoms with Crippen molar-refractivity contribution in [2.45, 2.75) is 16.8 Å². The van der Waals surface area contributed by atoms with E-state index < -0.39 is 10.0 Å². The number of hydrogen-bond donors (Lipinski definition) is 1. The Labute approximate surface area is 163 Å². The van der Waals surface area contributed by atoms with Crippen LogP contribution in [-0.4, -0.2) is 14.7 Å². The Morgan fingerprint density at radius 1 is 1.04 bits per heavy atom. The minimum atomic E-state index is -3.60. The van der Waals surface area contributed by atoms with Gasteiger partial charge in [0.05, 0.1) is 5.75 Å². The highest BCUT2D eigenvalue weighted by Gasteiger charge is 2.29. The molecule has 27 heavy (non-hydrogen) atoms. The van der Waals surface area contributed by atoms with Crippen molar-refractivity contribution in [2.75, 3.05) is 6.26 Å². The Morgan fingerprint density at radius 2 is 1.81 bits per heavy atom. The Bertz CT molecular complexity index is 1100. The first kappa shape index (κ1) is 18.1. The van der Waals surface area contributed by atoms with E-state index >= 15 is 0 Å². The van der Waals surface area contributed by atoms with Gasteiger partial charge in [0.1, 0.15) is 11.9 Å². The van der Waals surface area contributed by atoms with Gasteiger partial charge in [-0.25, -0.2) is 13.6 Å². The fraction of sp³-hybridized carbons (Fsp3) is 0.143. The molecule has 2 N–H and O–H groups in total. The topological polar surface area (TPSA) is 69.4 Å². The number of primary sulfonamides is 1. The maximum Gasteiger partial charge on any atom is 0.213 e. The van der Waals surface area contributed by atoms with Gasteiger partial charge >= 0.3 is 0 Å². The molecule has 3 aromatic carbocycles. The van der Waals surface area contributed by atoms with Gasteiger partial charge in [0.25, 0.3) is 0 Å². The van der Waals surface area contributed by atoms with Crippen LogP contribution in [0.1, 0.15) is 22.8 Å². The molecule has 138 valence electrons. The van der Waals surface area contributed by atoms with E-state index in [4.69, 9.17) is 9.88 Å². The summed E-state index contributed by atoms with van der Waals surface area (Å²) in [5.41, 5.74) is 4.75. The molecule has 1 aliphatic heterocycles. The van der Waals surface area contributed by atoms with Gasteiger partial charge in [0.2, 0.25) is 10.0 Å². The van der Waals surface area contributed by atoms with E-state index in [0.29, 0.717) is 5.56 Å². The predicted octanol–water partition coefficient (Wildman–Crippen LogP) is 4.35. The highest BCUT2D eigenvalue weighted by Crippen LogP contribution is 2.48. The lowest BCUT2D eigenvalue weighted by atomic mass is 9.88. The molecule has 3 aromatic rings. The first-order chi connectivity index (χ1) is 13.0. The molecule has 0 aromatic heterocycles. The van der Waals surface area contributed by atoms with Crippen LogP contribution < -0.4 is 9.88 Å². The van der Waals surface area contributed by atoms with E-state index in [9.17, 15) is 8.42 Å². The number of fused-ring (bicyclic) bond motifs is 3. The normalized spacial score (nSPS) is 15.6. The molecule has 0 bridgehead atoms. The van der Waals surface area contributed by atoms with E-state index in [1.54, 1.807) is 11.8 Å².